The fraction of sp³-hybridized carbons (Fsp3) is 0.875. The van der Waals surface area contributed by atoms with Crippen LogP contribution in [-0.2, 0) is 19.0 Å². The Morgan fingerprint density at radius 1 is 1.69 bits per heavy atom. The molecule has 0 fully saturated rings. The van der Waals surface area contributed by atoms with Crippen LogP contribution in [-0.4, -0.2) is 44.3 Å². The fourth-order valence-electron chi connectivity index (χ4n) is 0.748. The van der Waals surface area contributed by atoms with Crippen molar-refractivity contribution in [3.8, 4) is 0 Å². The molecule has 78 valence electrons. The number of carbonyl (C=O) groups excluding carboxylic acids is 1. The van der Waals surface area contributed by atoms with Crippen LogP contribution in [0.25, 0.3) is 0 Å². The van der Waals surface area contributed by atoms with Crippen molar-refractivity contribution in [2.24, 2.45) is 0 Å². The van der Waals surface area contributed by atoms with Gasteiger partial charge < -0.3 is 19.3 Å². The molecule has 0 aromatic carbocycles. The number of carbonyl (C=O) groups is 1. The SMILES string of the molecule is [2H]C(=O)OCC(OC)OC(CC)CO. The Morgan fingerprint density at radius 2 is 2.38 bits per heavy atom. The van der Waals surface area contributed by atoms with E-state index in [9.17, 15) is 4.79 Å². The summed E-state index contributed by atoms with van der Waals surface area (Å²) in [6.07, 6.45) is -1.58. The Balaban J connectivity index is 3.82. The minimum Gasteiger partial charge on any atom is -0.462 e. The van der Waals surface area contributed by atoms with Crippen LogP contribution in [0.2, 0.25) is 0 Å². The van der Waals surface area contributed by atoms with Crippen molar-refractivity contribution in [3.63, 3.8) is 0 Å². The summed E-state index contributed by atoms with van der Waals surface area (Å²) in [6, 6.07) is 0. The number of methoxy groups -OCH3 is 1. The second kappa shape index (κ2) is 7.97. The molecule has 0 spiro atoms. The highest BCUT2D eigenvalue weighted by atomic mass is 16.7. The summed E-state index contributed by atoms with van der Waals surface area (Å²) in [6.45, 7) is 1.59. The first-order valence-corrected chi connectivity index (χ1v) is 4.06. The summed E-state index contributed by atoms with van der Waals surface area (Å²) in [7, 11) is 1.40. The predicted molar refractivity (Wildman–Crippen MR) is 45.1 cm³/mol. The number of aliphatic hydroxyl groups is 1. The Hall–Kier alpha value is -0.650. The molecule has 0 radical (unpaired) electrons. The van der Waals surface area contributed by atoms with Crippen LogP contribution < -0.4 is 0 Å². The third-order valence-electron chi connectivity index (χ3n) is 1.54. The average molecular weight is 193 g/mol. The fourth-order valence-corrected chi connectivity index (χ4v) is 0.748. The van der Waals surface area contributed by atoms with Gasteiger partial charge in [-0.3, -0.25) is 4.79 Å². The zero-order valence-corrected chi connectivity index (χ0v) is 7.86. The zero-order valence-electron chi connectivity index (χ0n) is 8.86. The molecule has 0 amide bonds. The van der Waals surface area contributed by atoms with Crippen molar-refractivity contribution in [2.75, 3.05) is 20.3 Å². The van der Waals surface area contributed by atoms with Gasteiger partial charge in [-0.2, -0.15) is 0 Å². The van der Waals surface area contributed by atoms with E-state index in [1.807, 2.05) is 6.92 Å². The molecule has 0 saturated carbocycles. The van der Waals surface area contributed by atoms with E-state index in [2.05, 4.69) is 4.74 Å². The molecule has 0 bridgehead atoms. The van der Waals surface area contributed by atoms with Crippen molar-refractivity contribution < 1.29 is 25.5 Å². The van der Waals surface area contributed by atoms with Gasteiger partial charge in [0.15, 0.2) is 7.66 Å². The van der Waals surface area contributed by atoms with E-state index in [4.69, 9.17) is 16.0 Å². The number of hydrogen-bond donors (Lipinski definition) is 1. The van der Waals surface area contributed by atoms with E-state index in [0.717, 1.165) is 0 Å². The molecule has 5 nitrogen and oxygen atoms in total. The van der Waals surface area contributed by atoms with Gasteiger partial charge in [-0.1, -0.05) is 6.92 Å². The van der Waals surface area contributed by atoms with Crippen molar-refractivity contribution >= 4 is 6.45 Å². The Kier molecular flexibility index (Phi) is 6.40. The number of ether oxygens (including phenoxy) is 3. The van der Waals surface area contributed by atoms with E-state index < -0.39 is 12.7 Å². The molecule has 1 N–H and O–H groups in total. The second-order valence-corrected chi connectivity index (χ2v) is 2.41. The monoisotopic (exact) mass is 193 g/mol. The highest BCUT2D eigenvalue weighted by Crippen LogP contribution is 2.03. The first-order chi connectivity index (χ1) is 6.63. The average Bonchev–Trinajstić information content (AvgIpc) is 2.18. The lowest BCUT2D eigenvalue weighted by molar-refractivity contribution is -0.189. The van der Waals surface area contributed by atoms with E-state index in [0.29, 0.717) is 6.42 Å². The topological polar surface area (TPSA) is 65.0 Å². The normalized spacial score (nSPS) is 16.1. The van der Waals surface area contributed by atoms with Crippen LogP contribution in [0.1, 0.15) is 14.7 Å². The molecule has 0 aliphatic heterocycles. The minimum atomic E-state index is -1.13. The Labute approximate surface area is 79.0 Å². The van der Waals surface area contributed by atoms with Gasteiger partial charge in [0, 0.05) is 7.11 Å². The van der Waals surface area contributed by atoms with E-state index in [1.165, 1.54) is 7.11 Å². The molecular weight excluding hydrogens is 176 g/mol. The van der Waals surface area contributed by atoms with Gasteiger partial charge in [0.2, 0.25) is 0 Å². The quantitative estimate of drug-likeness (QED) is 0.452. The van der Waals surface area contributed by atoms with Gasteiger partial charge in [0.25, 0.3) is 6.45 Å². The lowest BCUT2D eigenvalue weighted by Gasteiger charge is -2.20. The molecule has 0 aliphatic rings. The van der Waals surface area contributed by atoms with Crippen LogP contribution in [0.5, 0.6) is 0 Å². The van der Waals surface area contributed by atoms with Crippen molar-refractivity contribution in [2.45, 2.75) is 25.7 Å². The highest BCUT2D eigenvalue weighted by molar-refractivity contribution is 5.36. The molecule has 13 heavy (non-hydrogen) atoms. The first-order valence-electron chi connectivity index (χ1n) is 4.56. The summed E-state index contributed by atoms with van der Waals surface area (Å²) in [5.74, 6) is 0. The summed E-state index contributed by atoms with van der Waals surface area (Å²) in [5.41, 5.74) is 0. The van der Waals surface area contributed by atoms with Crippen LogP contribution in [0.15, 0.2) is 0 Å². The summed E-state index contributed by atoms with van der Waals surface area (Å²) >= 11 is 0. The van der Waals surface area contributed by atoms with Crippen molar-refractivity contribution in [3.05, 3.63) is 0 Å². The summed E-state index contributed by atoms with van der Waals surface area (Å²) in [4.78, 5) is 10.2. The van der Waals surface area contributed by atoms with Gasteiger partial charge in [-0.05, 0) is 6.42 Å². The third-order valence-corrected chi connectivity index (χ3v) is 1.54. The van der Waals surface area contributed by atoms with Gasteiger partial charge >= 0.3 is 0 Å². The van der Waals surface area contributed by atoms with Gasteiger partial charge in [0.05, 0.1) is 12.7 Å². The first kappa shape index (κ1) is 10.4. The maximum Gasteiger partial charge on any atom is 0.293 e. The van der Waals surface area contributed by atoms with Crippen molar-refractivity contribution in [1.82, 2.24) is 0 Å². The van der Waals surface area contributed by atoms with Crippen LogP contribution >= 0.6 is 0 Å². The summed E-state index contributed by atoms with van der Waals surface area (Å²) < 4.78 is 20.9. The lowest BCUT2D eigenvalue weighted by Crippen LogP contribution is -2.29. The molecule has 0 rings (SSSR count). The molecule has 0 aromatic heterocycles. The molecular formula is C8H16O5. The van der Waals surface area contributed by atoms with Gasteiger partial charge in [0.1, 0.15) is 6.61 Å². The molecule has 5 heteroatoms. The largest absolute Gasteiger partial charge is 0.462 e. The maximum atomic E-state index is 10.2. The Bertz CT molecular complexity index is 160. The van der Waals surface area contributed by atoms with E-state index in [1.54, 1.807) is 0 Å². The van der Waals surface area contributed by atoms with Gasteiger partial charge in [-0.15, -0.1) is 0 Å². The van der Waals surface area contributed by atoms with Gasteiger partial charge in [-0.25, -0.2) is 0 Å². The smallest absolute Gasteiger partial charge is 0.293 e. The van der Waals surface area contributed by atoms with Crippen LogP contribution in [0.3, 0.4) is 0 Å². The van der Waals surface area contributed by atoms with Crippen LogP contribution in [0, 0.1) is 0 Å². The van der Waals surface area contributed by atoms with E-state index >= 15 is 0 Å². The lowest BCUT2D eigenvalue weighted by atomic mass is 10.3. The third kappa shape index (κ3) is 5.57. The number of hydrogen-bond acceptors (Lipinski definition) is 5. The number of rotatable bonds is 7. The summed E-state index contributed by atoms with van der Waals surface area (Å²) in [5, 5.41) is 8.82. The van der Waals surface area contributed by atoms with E-state index in [-0.39, 0.29) is 19.3 Å². The maximum absolute atomic E-state index is 10.2. The Morgan fingerprint density at radius 3 is 2.77 bits per heavy atom. The molecule has 2 unspecified atom stereocenters. The predicted octanol–water partition coefficient (Wildman–Crippen LogP) is -0.0806. The van der Waals surface area contributed by atoms with Crippen LogP contribution in [0.4, 0.5) is 0 Å². The van der Waals surface area contributed by atoms with Crippen molar-refractivity contribution in [1.29, 1.82) is 0 Å². The number of aliphatic hydroxyl groups excluding tert-OH is 1. The molecule has 0 aliphatic carbocycles. The second-order valence-electron chi connectivity index (χ2n) is 2.41. The molecule has 0 heterocycles. The molecule has 2 atom stereocenters. The molecule has 0 aromatic rings. The molecule has 0 saturated heterocycles. The standard InChI is InChI=1S/C8H16O5/c1-3-7(4-9)13-8(11-2)5-12-6-10/h6-9H,3-5H2,1-2H3/i6D. The highest BCUT2D eigenvalue weighted by Gasteiger charge is 2.14. The zero-order chi connectivity index (χ0) is 11.0. The minimum absolute atomic E-state index is 0.120.